The summed E-state index contributed by atoms with van der Waals surface area (Å²) in [6, 6.07) is 6.91. The van der Waals surface area contributed by atoms with Crippen LogP contribution in [0.2, 0.25) is 0 Å². The van der Waals surface area contributed by atoms with Gasteiger partial charge in [-0.15, -0.1) is 0 Å². The van der Waals surface area contributed by atoms with Gasteiger partial charge in [-0.05, 0) is 0 Å². The Morgan fingerprint density at radius 2 is 0.689 bits per heavy atom. The summed E-state index contributed by atoms with van der Waals surface area (Å²) in [4.78, 5) is 0. The number of hydrogen-bond acceptors (Lipinski definition) is 6. The van der Waals surface area contributed by atoms with Crippen molar-refractivity contribution in [1.29, 1.82) is 0 Å². The molecule has 0 aliphatic heterocycles. The Bertz CT molecular complexity index is 1460. The number of phenolic OH excluding ortho intramolecular Hbond substituents is 2. The number of rotatable bonds is 8. The molecular weight excluding hydrogens is 641 g/mol. The third-order valence-electron chi connectivity index (χ3n) is 8.72. The SMILES string of the molecule is CC(C)(C)c1cc(C[C](C)([Ca][C](C)(Cc2cc(C(C)(C)C)c(O)c(C(C)(C)C)c2)S(=O)(=O)O)S(=O)(=O)O)cc(C(C)(C)C)c1O. The summed E-state index contributed by atoms with van der Waals surface area (Å²) in [5, 5.41) is 22.4. The van der Waals surface area contributed by atoms with Crippen LogP contribution in [0.25, 0.3) is 0 Å². The van der Waals surface area contributed by atoms with Gasteiger partial charge in [0.2, 0.25) is 0 Å². The van der Waals surface area contributed by atoms with Crippen LogP contribution < -0.4 is 0 Å². The zero-order valence-electron chi connectivity index (χ0n) is 29.7. The molecule has 2 rings (SSSR count). The Kier molecular flexibility index (Phi) is 11.2. The summed E-state index contributed by atoms with van der Waals surface area (Å²) in [6.07, 6.45) is -0.390. The number of aromatic hydroxyl groups is 2. The van der Waals surface area contributed by atoms with E-state index in [9.17, 15) is 36.2 Å². The van der Waals surface area contributed by atoms with Gasteiger partial charge in [0.25, 0.3) is 0 Å². The van der Waals surface area contributed by atoms with Crippen molar-refractivity contribution in [1.82, 2.24) is 0 Å². The Morgan fingerprint density at radius 3 is 0.844 bits per heavy atom. The van der Waals surface area contributed by atoms with E-state index in [2.05, 4.69) is 0 Å². The van der Waals surface area contributed by atoms with Gasteiger partial charge in [0.05, 0.1) is 0 Å². The Labute approximate surface area is 290 Å². The molecule has 4 N–H and O–H groups in total. The quantitative estimate of drug-likeness (QED) is 0.171. The predicted octanol–water partition coefficient (Wildman–Crippen LogP) is 6.99. The first-order chi connectivity index (χ1) is 19.6. The van der Waals surface area contributed by atoms with Gasteiger partial charge in [-0.3, -0.25) is 0 Å². The molecule has 8 nitrogen and oxygen atoms in total. The third-order valence-corrected chi connectivity index (χ3v) is 19.2. The van der Waals surface area contributed by atoms with Crippen LogP contribution >= 0.6 is 0 Å². The summed E-state index contributed by atoms with van der Waals surface area (Å²) < 4.78 is 70.5. The first-order valence-corrected chi connectivity index (χ1v) is 20.4. The zero-order chi connectivity index (χ0) is 35.6. The van der Waals surface area contributed by atoms with E-state index in [-0.39, 0.29) is 24.3 Å². The topological polar surface area (TPSA) is 149 Å². The van der Waals surface area contributed by atoms with Crippen LogP contribution in [0.15, 0.2) is 24.3 Å². The van der Waals surface area contributed by atoms with Crippen molar-refractivity contribution in [3.8, 4) is 11.5 Å². The Balaban J connectivity index is 2.84. The number of phenols is 2. The Hall–Kier alpha value is -0.880. The normalized spacial score (nSPS) is 16.5. The molecule has 11 heteroatoms. The minimum absolute atomic E-state index is 0.119. The van der Waals surface area contributed by atoms with Crippen molar-refractivity contribution in [2.24, 2.45) is 0 Å². The average Bonchev–Trinajstić information content (AvgIpc) is 2.76. The molecule has 45 heavy (non-hydrogen) atoms. The molecular formula is C34H54CaO8S2. The summed E-state index contributed by atoms with van der Waals surface area (Å²) in [5.74, 6) is 0.237. The molecule has 0 aliphatic rings. The predicted molar refractivity (Wildman–Crippen MR) is 184 cm³/mol. The van der Waals surface area contributed by atoms with Crippen molar-refractivity contribution in [3.63, 3.8) is 0 Å². The van der Waals surface area contributed by atoms with Gasteiger partial charge >= 0.3 is 292 Å². The van der Waals surface area contributed by atoms with E-state index in [4.69, 9.17) is 0 Å². The van der Waals surface area contributed by atoms with Crippen molar-refractivity contribution < 1.29 is 36.2 Å². The zero-order valence-corrected chi connectivity index (χ0v) is 33.5. The van der Waals surface area contributed by atoms with E-state index in [0.29, 0.717) is 33.4 Å². The molecule has 0 fully saturated rings. The van der Waals surface area contributed by atoms with Gasteiger partial charge in [-0.25, -0.2) is 0 Å². The molecule has 2 aromatic rings. The van der Waals surface area contributed by atoms with Crippen molar-refractivity contribution in [2.45, 2.75) is 133 Å². The van der Waals surface area contributed by atoms with E-state index in [0.717, 1.165) is 0 Å². The summed E-state index contributed by atoms with van der Waals surface area (Å²) in [7, 11) is -9.64. The van der Waals surface area contributed by atoms with Crippen LogP contribution in [-0.2, 0) is 54.7 Å². The summed E-state index contributed by atoms with van der Waals surface area (Å²) >= 11 is -3.09. The number of hydrogen-bond donors (Lipinski definition) is 4. The number of benzene rings is 2. The first-order valence-electron chi connectivity index (χ1n) is 15.3. The van der Waals surface area contributed by atoms with Gasteiger partial charge in [-0.1, -0.05) is 0 Å². The van der Waals surface area contributed by atoms with Crippen LogP contribution in [0.3, 0.4) is 0 Å². The molecule has 2 unspecified atom stereocenters. The average molecular weight is 695 g/mol. The molecule has 0 aliphatic carbocycles. The monoisotopic (exact) mass is 694 g/mol. The molecule has 0 radical (unpaired) electrons. The fourth-order valence-electron chi connectivity index (χ4n) is 6.02. The molecule has 252 valence electrons. The van der Waals surface area contributed by atoms with Gasteiger partial charge in [-0.2, -0.15) is 0 Å². The summed E-state index contributed by atoms with van der Waals surface area (Å²) in [6.45, 7) is 25.9. The van der Waals surface area contributed by atoms with Gasteiger partial charge in [0.15, 0.2) is 0 Å². The molecule has 2 aromatic carbocycles. The van der Waals surface area contributed by atoms with Crippen LogP contribution in [0, 0.1) is 0 Å². The molecule has 2 atom stereocenters. The van der Waals surface area contributed by atoms with E-state index < -0.39 is 77.4 Å². The fraction of sp³-hybridized carbons (Fsp3) is 0.647. The van der Waals surface area contributed by atoms with E-state index >= 15 is 0 Å². The van der Waals surface area contributed by atoms with Gasteiger partial charge in [0, 0.05) is 0 Å². The van der Waals surface area contributed by atoms with Crippen LogP contribution in [0.1, 0.15) is 130 Å². The maximum atomic E-state index is 13.2. The van der Waals surface area contributed by atoms with Gasteiger partial charge < -0.3 is 0 Å². The second-order valence-corrected chi connectivity index (χ2v) is 28.4. The maximum absolute atomic E-state index is 13.2. The first kappa shape index (κ1) is 40.3. The molecule has 0 heterocycles. The van der Waals surface area contributed by atoms with E-state index in [1.807, 2.05) is 83.1 Å². The third kappa shape index (κ3) is 9.18. The van der Waals surface area contributed by atoms with Crippen LogP contribution in [-0.4, -0.2) is 71.7 Å². The second-order valence-electron chi connectivity index (χ2n) is 17.5. The van der Waals surface area contributed by atoms with E-state index in [1.54, 1.807) is 24.3 Å². The van der Waals surface area contributed by atoms with Crippen LogP contribution in [0.4, 0.5) is 0 Å². The standard InChI is InChI=1S/2C17H27O4S.Ca/c2*1-11(22(19,20)21)8-12-9-13(16(2,3)4)15(18)14(10-12)17(5,6)7;/h2*9-10,18H,8H2,1-7H3,(H,19,20,21);. The molecule has 0 amide bonds. The molecule has 0 spiro atoms. The minimum atomic E-state index is -4.82. The molecule has 0 saturated carbocycles. The van der Waals surface area contributed by atoms with Gasteiger partial charge in [0.1, 0.15) is 0 Å². The van der Waals surface area contributed by atoms with Crippen molar-refractivity contribution >= 4 is 54.1 Å². The van der Waals surface area contributed by atoms with Crippen molar-refractivity contribution in [2.75, 3.05) is 0 Å². The second kappa shape index (κ2) is 12.5. The van der Waals surface area contributed by atoms with Crippen molar-refractivity contribution in [3.05, 3.63) is 57.6 Å². The fourth-order valence-corrected chi connectivity index (χ4v) is 15.6. The molecule has 0 aromatic heterocycles. The molecule has 0 bridgehead atoms. The molecule has 0 saturated heterocycles. The van der Waals surface area contributed by atoms with E-state index in [1.165, 1.54) is 13.8 Å². The summed E-state index contributed by atoms with van der Waals surface area (Å²) in [5.41, 5.74) is 1.56. The van der Waals surface area contributed by atoms with Crippen LogP contribution in [0.5, 0.6) is 11.5 Å². The Morgan fingerprint density at radius 1 is 0.489 bits per heavy atom.